The summed E-state index contributed by atoms with van der Waals surface area (Å²) >= 11 is 0. The number of ether oxygens (including phenoxy) is 1. The Morgan fingerprint density at radius 2 is 1.96 bits per heavy atom. The Balaban J connectivity index is 1.58. The van der Waals surface area contributed by atoms with Crippen molar-refractivity contribution in [3.05, 3.63) is 70.0 Å². The van der Waals surface area contributed by atoms with E-state index in [4.69, 9.17) is 4.74 Å². The van der Waals surface area contributed by atoms with E-state index in [0.29, 0.717) is 6.54 Å². The first kappa shape index (κ1) is 17.8. The largest absolute Gasteiger partial charge is 0.477 e. The summed E-state index contributed by atoms with van der Waals surface area (Å²) < 4.78 is 18.4. The predicted molar refractivity (Wildman–Crippen MR) is 93.5 cm³/mol. The number of amides is 1. The van der Waals surface area contributed by atoms with Crippen LogP contribution in [0.25, 0.3) is 0 Å². The lowest BCUT2D eigenvalue weighted by atomic mass is 9.64. The molecule has 1 aliphatic carbocycles. The standard InChI is InChI=1S/C19H19FN2O4/c20-15-7-8-16(22(24)25)17(11-15)26-12-18(23)21-13-19(9-4-10-19)14-5-2-1-3-6-14/h1-3,5-8,11H,4,9-10,12-13H2,(H,21,23). The smallest absolute Gasteiger partial charge is 0.311 e. The van der Waals surface area contributed by atoms with Crippen LogP contribution in [-0.4, -0.2) is 24.0 Å². The Morgan fingerprint density at radius 3 is 2.58 bits per heavy atom. The average Bonchev–Trinajstić information content (AvgIpc) is 2.59. The second kappa shape index (κ2) is 7.51. The highest BCUT2D eigenvalue weighted by Crippen LogP contribution is 2.43. The van der Waals surface area contributed by atoms with Crippen LogP contribution in [0.2, 0.25) is 0 Å². The second-order valence-electron chi connectivity index (χ2n) is 6.43. The highest BCUT2D eigenvalue weighted by atomic mass is 19.1. The van der Waals surface area contributed by atoms with Crippen LogP contribution in [-0.2, 0) is 10.2 Å². The first-order valence-electron chi connectivity index (χ1n) is 8.39. The van der Waals surface area contributed by atoms with Crippen LogP contribution in [0.1, 0.15) is 24.8 Å². The van der Waals surface area contributed by atoms with Gasteiger partial charge in [-0.05, 0) is 24.5 Å². The van der Waals surface area contributed by atoms with Crippen LogP contribution >= 0.6 is 0 Å². The van der Waals surface area contributed by atoms with Crippen molar-refractivity contribution in [2.75, 3.05) is 13.2 Å². The Labute approximate surface area is 150 Å². The molecule has 0 bridgehead atoms. The first-order chi connectivity index (χ1) is 12.5. The maximum atomic E-state index is 13.3. The highest BCUT2D eigenvalue weighted by molar-refractivity contribution is 5.77. The molecule has 1 fully saturated rings. The number of hydrogen-bond acceptors (Lipinski definition) is 4. The molecule has 0 aromatic heterocycles. The van der Waals surface area contributed by atoms with Crippen LogP contribution in [0.3, 0.4) is 0 Å². The van der Waals surface area contributed by atoms with Crippen LogP contribution in [0.4, 0.5) is 10.1 Å². The zero-order valence-electron chi connectivity index (χ0n) is 14.1. The molecule has 1 amide bonds. The van der Waals surface area contributed by atoms with Gasteiger partial charge in [0.2, 0.25) is 5.75 Å². The van der Waals surface area contributed by atoms with Gasteiger partial charge >= 0.3 is 5.69 Å². The Morgan fingerprint density at radius 1 is 1.23 bits per heavy atom. The third kappa shape index (κ3) is 3.82. The van der Waals surface area contributed by atoms with Gasteiger partial charge in [0.15, 0.2) is 6.61 Å². The summed E-state index contributed by atoms with van der Waals surface area (Å²) in [5, 5.41) is 13.8. The molecule has 3 rings (SSSR count). The van der Waals surface area contributed by atoms with Crippen molar-refractivity contribution in [2.24, 2.45) is 0 Å². The Bertz CT molecular complexity index is 806. The zero-order chi connectivity index (χ0) is 18.6. The molecule has 6 nitrogen and oxygen atoms in total. The minimum atomic E-state index is -0.675. The lowest BCUT2D eigenvalue weighted by Crippen LogP contribution is -2.46. The topological polar surface area (TPSA) is 81.5 Å². The lowest BCUT2D eigenvalue weighted by molar-refractivity contribution is -0.385. The maximum Gasteiger partial charge on any atom is 0.311 e. The van der Waals surface area contributed by atoms with Crippen LogP contribution in [0, 0.1) is 15.9 Å². The molecule has 0 saturated heterocycles. The van der Waals surface area contributed by atoms with Crippen LogP contribution < -0.4 is 10.1 Å². The SMILES string of the molecule is O=C(COc1cc(F)ccc1[N+](=O)[O-])NCC1(c2ccccc2)CCC1. The Hall–Kier alpha value is -2.96. The van der Waals surface area contributed by atoms with Gasteiger partial charge in [0.1, 0.15) is 5.82 Å². The van der Waals surface area contributed by atoms with Crippen molar-refractivity contribution in [3.63, 3.8) is 0 Å². The van der Waals surface area contributed by atoms with Gasteiger partial charge in [0, 0.05) is 24.1 Å². The minimum Gasteiger partial charge on any atom is -0.477 e. The molecule has 0 spiro atoms. The number of nitrogens with one attached hydrogen (secondary N) is 1. The van der Waals surface area contributed by atoms with E-state index in [2.05, 4.69) is 17.4 Å². The molecular weight excluding hydrogens is 339 g/mol. The fourth-order valence-electron chi connectivity index (χ4n) is 3.18. The molecular formula is C19H19FN2O4. The fraction of sp³-hybridized carbons (Fsp3) is 0.316. The number of nitro groups is 1. The molecule has 2 aromatic carbocycles. The number of nitrogens with zero attached hydrogens (tertiary/aromatic N) is 1. The molecule has 1 saturated carbocycles. The number of halogens is 1. The summed E-state index contributed by atoms with van der Waals surface area (Å²) in [6.45, 7) is 0.0691. The fourth-order valence-corrected chi connectivity index (χ4v) is 3.18. The van der Waals surface area contributed by atoms with Crippen molar-refractivity contribution in [2.45, 2.75) is 24.7 Å². The van der Waals surface area contributed by atoms with E-state index in [-0.39, 0.29) is 16.9 Å². The van der Waals surface area contributed by atoms with Gasteiger partial charge in [-0.25, -0.2) is 4.39 Å². The number of carbonyl (C=O) groups is 1. The van der Waals surface area contributed by atoms with Gasteiger partial charge in [-0.2, -0.15) is 0 Å². The van der Waals surface area contributed by atoms with Gasteiger partial charge in [-0.3, -0.25) is 14.9 Å². The molecule has 1 aliphatic rings. The summed E-state index contributed by atoms with van der Waals surface area (Å²) in [4.78, 5) is 22.4. The van der Waals surface area contributed by atoms with Gasteiger partial charge < -0.3 is 10.1 Å². The molecule has 0 aliphatic heterocycles. The van der Waals surface area contributed by atoms with E-state index < -0.39 is 23.3 Å². The van der Waals surface area contributed by atoms with Crippen molar-refractivity contribution >= 4 is 11.6 Å². The van der Waals surface area contributed by atoms with Crippen molar-refractivity contribution in [3.8, 4) is 5.75 Å². The van der Waals surface area contributed by atoms with E-state index >= 15 is 0 Å². The number of hydrogen-bond donors (Lipinski definition) is 1. The number of benzene rings is 2. The summed E-state index contributed by atoms with van der Waals surface area (Å²) in [5.41, 5.74) is 0.745. The van der Waals surface area contributed by atoms with Crippen molar-refractivity contribution < 1.29 is 18.8 Å². The van der Waals surface area contributed by atoms with Gasteiger partial charge in [-0.15, -0.1) is 0 Å². The molecule has 136 valence electrons. The molecule has 7 heteroatoms. The van der Waals surface area contributed by atoms with E-state index in [1.54, 1.807) is 0 Å². The summed E-state index contributed by atoms with van der Waals surface area (Å²) in [6, 6.07) is 12.9. The molecule has 0 unspecified atom stereocenters. The zero-order valence-corrected chi connectivity index (χ0v) is 14.1. The molecule has 2 aromatic rings. The maximum absolute atomic E-state index is 13.3. The molecule has 26 heavy (non-hydrogen) atoms. The normalized spacial score (nSPS) is 15.0. The molecule has 0 radical (unpaired) electrons. The van der Waals surface area contributed by atoms with Gasteiger partial charge in [0.05, 0.1) is 4.92 Å². The predicted octanol–water partition coefficient (Wildman–Crippen LogP) is 3.35. The van der Waals surface area contributed by atoms with Crippen LogP contribution in [0.15, 0.2) is 48.5 Å². The third-order valence-electron chi connectivity index (χ3n) is 4.80. The average molecular weight is 358 g/mol. The van der Waals surface area contributed by atoms with Crippen LogP contribution in [0.5, 0.6) is 5.75 Å². The monoisotopic (exact) mass is 358 g/mol. The number of rotatable bonds is 7. The van der Waals surface area contributed by atoms with Gasteiger partial charge in [0.25, 0.3) is 5.91 Å². The lowest BCUT2D eigenvalue weighted by Gasteiger charge is -2.42. The summed E-state index contributed by atoms with van der Waals surface area (Å²) in [7, 11) is 0. The minimum absolute atomic E-state index is 0.0677. The van der Waals surface area contributed by atoms with E-state index in [9.17, 15) is 19.3 Å². The summed E-state index contributed by atoms with van der Waals surface area (Å²) in [6.07, 6.45) is 3.10. The molecule has 1 N–H and O–H groups in total. The van der Waals surface area contributed by atoms with E-state index in [1.807, 2.05) is 18.2 Å². The molecule has 0 atom stereocenters. The first-order valence-corrected chi connectivity index (χ1v) is 8.39. The van der Waals surface area contributed by atoms with E-state index in [0.717, 1.165) is 37.5 Å². The van der Waals surface area contributed by atoms with Crippen molar-refractivity contribution in [1.82, 2.24) is 5.32 Å². The Kier molecular flexibility index (Phi) is 5.16. The third-order valence-corrected chi connectivity index (χ3v) is 4.80. The van der Waals surface area contributed by atoms with E-state index in [1.165, 1.54) is 5.56 Å². The van der Waals surface area contributed by atoms with Crippen molar-refractivity contribution in [1.29, 1.82) is 0 Å². The molecule has 0 heterocycles. The summed E-state index contributed by atoms with van der Waals surface area (Å²) in [5.74, 6) is -1.32. The van der Waals surface area contributed by atoms with Gasteiger partial charge in [-0.1, -0.05) is 36.8 Å². The second-order valence-corrected chi connectivity index (χ2v) is 6.43. The number of carbonyl (C=O) groups excluding carboxylic acids is 1. The highest BCUT2D eigenvalue weighted by Gasteiger charge is 2.38. The number of nitro benzene ring substituents is 1. The quantitative estimate of drug-likeness (QED) is 0.608.